The number of ether oxygens (including phenoxy) is 1. The van der Waals surface area contributed by atoms with Crippen molar-refractivity contribution in [1.29, 1.82) is 0 Å². The van der Waals surface area contributed by atoms with Gasteiger partial charge in [0.25, 0.3) is 0 Å². The smallest absolute Gasteiger partial charge is 0.192 e. The van der Waals surface area contributed by atoms with Crippen molar-refractivity contribution in [3.63, 3.8) is 0 Å². The number of carbonyl (C=O) groups is 2. The lowest BCUT2D eigenvalue weighted by atomic mass is 9.63. The van der Waals surface area contributed by atoms with Gasteiger partial charge in [-0.3, -0.25) is 14.6 Å². The Morgan fingerprint density at radius 1 is 0.931 bits per heavy atom. The molecule has 0 saturated heterocycles. The molecule has 0 aromatic heterocycles. The fourth-order valence-corrected chi connectivity index (χ4v) is 5.09. The van der Waals surface area contributed by atoms with Gasteiger partial charge in [-0.15, -0.1) is 0 Å². The molecule has 2 aromatic rings. The van der Waals surface area contributed by atoms with Crippen molar-refractivity contribution >= 4 is 23.0 Å². The summed E-state index contributed by atoms with van der Waals surface area (Å²) in [7, 11) is 1.63. The normalized spacial score (nSPS) is 24.6. The summed E-state index contributed by atoms with van der Waals surface area (Å²) in [5, 5.41) is 0. The van der Waals surface area contributed by atoms with Crippen LogP contribution in [0.1, 0.15) is 54.1 Å². The number of aliphatic imine (C=N–C) groups is 1. The Bertz CT molecular complexity index is 1110. The highest BCUT2D eigenvalue weighted by atomic mass is 16.5. The van der Waals surface area contributed by atoms with Crippen LogP contribution in [0.25, 0.3) is 5.70 Å². The van der Waals surface area contributed by atoms with Gasteiger partial charge in [-0.2, -0.15) is 0 Å². The quantitative estimate of drug-likeness (QED) is 0.743. The van der Waals surface area contributed by atoms with E-state index in [0.717, 1.165) is 34.7 Å². The molecule has 1 unspecified atom stereocenters. The van der Waals surface area contributed by atoms with E-state index in [0.29, 0.717) is 17.6 Å². The van der Waals surface area contributed by atoms with Gasteiger partial charge < -0.3 is 4.74 Å². The molecule has 1 saturated carbocycles. The van der Waals surface area contributed by atoms with E-state index in [1.54, 1.807) is 7.11 Å². The number of hydrogen-bond donors (Lipinski definition) is 0. The molecule has 0 N–H and O–H groups in total. The fraction of sp³-hybridized carbons (Fsp3) is 0.320. The average molecular weight is 385 g/mol. The highest BCUT2D eigenvalue weighted by Crippen LogP contribution is 2.52. The van der Waals surface area contributed by atoms with Gasteiger partial charge in [0.15, 0.2) is 5.78 Å². The Balaban J connectivity index is 1.73. The van der Waals surface area contributed by atoms with Crippen LogP contribution < -0.4 is 4.74 Å². The maximum Gasteiger partial charge on any atom is 0.192 e. The molecule has 2 aromatic carbocycles. The highest BCUT2D eigenvalue weighted by Gasteiger charge is 2.49. The van der Waals surface area contributed by atoms with Crippen LogP contribution in [0.15, 0.2) is 59.1 Å². The minimum Gasteiger partial charge on any atom is -0.497 e. The molecule has 29 heavy (non-hydrogen) atoms. The predicted octanol–water partition coefficient (Wildman–Crippen LogP) is 4.85. The van der Waals surface area contributed by atoms with Crippen LogP contribution in [0.2, 0.25) is 0 Å². The van der Waals surface area contributed by atoms with Crippen LogP contribution in [0, 0.1) is 11.3 Å². The molecule has 5 rings (SSSR count). The molecular formula is C25H23NO3. The second-order valence-electron chi connectivity index (χ2n) is 8.95. The molecule has 1 fully saturated rings. The van der Waals surface area contributed by atoms with E-state index in [4.69, 9.17) is 9.73 Å². The molecule has 0 bridgehead atoms. The first-order valence-corrected chi connectivity index (χ1v) is 10.0. The Hall–Kier alpha value is -3.01. The molecule has 1 aliphatic heterocycles. The molecule has 0 radical (unpaired) electrons. The number of nitrogens with zero attached hydrogens (tertiary/aromatic N) is 1. The number of allylic oxidation sites excluding steroid dienone is 1. The number of carbonyl (C=O) groups excluding carboxylic acids is 2. The van der Waals surface area contributed by atoms with E-state index in [9.17, 15) is 9.59 Å². The SMILES string of the molecule is COc1ccc([C@@H]2C3=C(N=C4CC(C)(C)CC(=O)C42)c2ccccc2C3=O)cc1. The lowest BCUT2D eigenvalue weighted by molar-refractivity contribution is -0.124. The van der Waals surface area contributed by atoms with Crippen molar-refractivity contribution in [2.45, 2.75) is 32.6 Å². The molecule has 146 valence electrons. The second kappa shape index (κ2) is 6.24. The monoisotopic (exact) mass is 385 g/mol. The molecule has 3 aliphatic rings. The molecule has 0 spiro atoms. The third-order valence-corrected chi connectivity index (χ3v) is 6.32. The van der Waals surface area contributed by atoms with E-state index < -0.39 is 0 Å². The summed E-state index contributed by atoms with van der Waals surface area (Å²) in [5.41, 5.74) is 4.75. The number of methoxy groups -OCH3 is 1. The standard InChI is InChI=1S/C25H23NO3/c1-25(2)12-18-21(19(27)13-25)20(14-8-10-15(29-3)11-9-14)22-23(26-18)16-6-4-5-7-17(16)24(22)28/h4-11,20-21H,12-13H2,1-3H3/t20-,21?/m0/s1. The van der Waals surface area contributed by atoms with Gasteiger partial charge in [0.1, 0.15) is 11.5 Å². The third kappa shape index (κ3) is 2.70. The van der Waals surface area contributed by atoms with E-state index >= 15 is 0 Å². The van der Waals surface area contributed by atoms with E-state index in [1.807, 2.05) is 48.5 Å². The van der Waals surface area contributed by atoms with Crippen LogP contribution in [-0.4, -0.2) is 24.4 Å². The summed E-state index contributed by atoms with van der Waals surface area (Å²) in [6, 6.07) is 15.4. The molecule has 4 nitrogen and oxygen atoms in total. The van der Waals surface area contributed by atoms with Gasteiger partial charge in [-0.1, -0.05) is 50.2 Å². The van der Waals surface area contributed by atoms with Gasteiger partial charge in [-0.25, -0.2) is 0 Å². The van der Waals surface area contributed by atoms with Gasteiger partial charge in [0.05, 0.1) is 18.7 Å². The van der Waals surface area contributed by atoms with Crippen LogP contribution in [-0.2, 0) is 4.79 Å². The Morgan fingerprint density at radius 2 is 1.62 bits per heavy atom. The van der Waals surface area contributed by atoms with Gasteiger partial charge in [0.2, 0.25) is 0 Å². The third-order valence-electron chi connectivity index (χ3n) is 6.32. The maximum atomic E-state index is 13.4. The van der Waals surface area contributed by atoms with Gasteiger partial charge >= 0.3 is 0 Å². The summed E-state index contributed by atoms with van der Waals surface area (Å²) >= 11 is 0. The van der Waals surface area contributed by atoms with Crippen LogP contribution in [0.4, 0.5) is 0 Å². The zero-order chi connectivity index (χ0) is 20.3. The first-order chi connectivity index (χ1) is 13.9. The molecule has 2 atom stereocenters. The topological polar surface area (TPSA) is 55.7 Å². The molecule has 0 amide bonds. The van der Waals surface area contributed by atoms with Crippen molar-refractivity contribution < 1.29 is 14.3 Å². The Labute approximate surface area is 170 Å². The van der Waals surface area contributed by atoms with Crippen LogP contribution in [0.5, 0.6) is 5.75 Å². The van der Waals surface area contributed by atoms with E-state index in [-0.39, 0.29) is 28.8 Å². The molecule has 4 heteroatoms. The van der Waals surface area contributed by atoms with Crippen molar-refractivity contribution in [2.75, 3.05) is 7.11 Å². The number of Topliss-reactive ketones (excluding diaryl/α,β-unsaturated/α-hetero) is 2. The number of rotatable bonds is 2. The zero-order valence-corrected chi connectivity index (χ0v) is 16.9. The van der Waals surface area contributed by atoms with Crippen molar-refractivity contribution in [1.82, 2.24) is 0 Å². The minimum atomic E-state index is -0.367. The van der Waals surface area contributed by atoms with E-state index in [1.165, 1.54) is 0 Å². The van der Waals surface area contributed by atoms with Crippen molar-refractivity contribution in [3.05, 3.63) is 70.8 Å². The number of fused-ring (bicyclic) bond motifs is 3. The van der Waals surface area contributed by atoms with Gasteiger partial charge in [0, 0.05) is 34.8 Å². The number of ketones is 2. The average Bonchev–Trinajstić information content (AvgIpc) is 2.98. The van der Waals surface area contributed by atoms with Crippen molar-refractivity contribution in [2.24, 2.45) is 16.3 Å². The van der Waals surface area contributed by atoms with Crippen LogP contribution in [0.3, 0.4) is 0 Å². The van der Waals surface area contributed by atoms with Gasteiger partial charge in [-0.05, 0) is 29.5 Å². The Kier molecular flexibility index (Phi) is 3.89. The molecular weight excluding hydrogens is 362 g/mol. The number of benzene rings is 2. The number of hydrogen-bond acceptors (Lipinski definition) is 4. The predicted molar refractivity (Wildman–Crippen MR) is 112 cm³/mol. The summed E-state index contributed by atoms with van der Waals surface area (Å²) in [5.74, 6) is 0.262. The minimum absolute atomic E-state index is 0.00292. The lowest BCUT2D eigenvalue weighted by Gasteiger charge is -2.40. The molecule has 1 heterocycles. The summed E-state index contributed by atoms with van der Waals surface area (Å²) in [6.45, 7) is 4.23. The first-order valence-electron chi connectivity index (χ1n) is 10.0. The largest absolute Gasteiger partial charge is 0.497 e. The summed E-state index contributed by atoms with van der Waals surface area (Å²) in [6.07, 6.45) is 1.27. The first kappa shape index (κ1) is 18.0. The lowest BCUT2D eigenvalue weighted by Crippen LogP contribution is -2.43. The highest BCUT2D eigenvalue weighted by molar-refractivity contribution is 6.25. The fourth-order valence-electron chi connectivity index (χ4n) is 5.09. The summed E-state index contributed by atoms with van der Waals surface area (Å²) in [4.78, 5) is 31.6. The molecule has 2 aliphatic carbocycles. The summed E-state index contributed by atoms with van der Waals surface area (Å²) < 4.78 is 5.30. The Morgan fingerprint density at radius 3 is 2.31 bits per heavy atom. The van der Waals surface area contributed by atoms with E-state index in [2.05, 4.69) is 13.8 Å². The maximum absolute atomic E-state index is 13.4. The van der Waals surface area contributed by atoms with Crippen LogP contribution >= 0.6 is 0 Å². The zero-order valence-electron chi connectivity index (χ0n) is 16.9. The second-order valence-corrected chi connectivity index (χ2v) is 8.95. The van der Waals surface area contributed by atoms with Crippen molar-refractivity contribution in [3.8, 4) is 5.75 Å².